The van der Waals surface area contributed by atoms with E-state index in [2.05, 4.69) is 15.4 Å². The standard InChI is InChI=1S/C13H18N2O3S/c1-17-9-3-8-14-13(19)15-11-6-4-10(5-7-11)12(16)18-2/h4-7H,3,8-9H2,1-2H3,(H2,14,15,19). The van der Waals surface area contributed by atoms with Crippen LogP contribution in [-0.4, -0.2) is 38.5 Å². The minimum atomic E-state index is -0.355. The van der Waals surface area contributed by atoms with Crippen molar-refractivity contribution >= 4 is 29.0 Å². The van der Waals surface area contributed by atoms with Crippen LogP contribution in [-0.2, 0) is 9.47 Å². The molecule has 0 bridgehead atoms. The highest BCUT2D eigenvalue weighted by atomic mass is 32.1. The van der Waals surface area contributed by atoms with Gasteiger partial charge >= 0.3 is 5.97 Å². The first-order valence-electron chi connectivity index (χ1n) is 5.89. The topological polar surface area (TPSA) is 59.6 Å². The van der Waals surface area contributed by atoms with Gasteiger partial charge in [-0.05, 0) is 42.9 Å². The van der Waals surface area contributed by atoms with E-state index in [1.165, 1.54) is 7.11 Å². The predicted molar refractivity (Wildman–Crippen MR) is 78.5 cm³/mol. The summed E-state index contributed by atoms with van der Waals surface area (Å²) in [6, 6.07) is 6.91. The highest BCUT2D eigenvalue weighted by Crippen LogP contribution is 2.10. The molecular weight excluding hydrogens is 264 g/mol. The summed E-state index contributed by atoms with van der Waals surface area (Å²) in [4.78, 5) is 11.3. The molecule has 104 valence electrons. The van der Waals surface area contributed by atoms with Crippen LogP contribution in [0.3, 0.4) is 0 Å². The lowest BCUT2D eigenvalue weighted by atomic mass is 10.2. The number of benzene rings is 1. The second-order valence-corrected chi connectivity index (χ2v) is 4.20. The SMILES string of the molecule is COCCCNC(=S)Nc1ccc(C(=O)OC)cc1. The second-order valence-electron chi connectivity index (χ2n) is 3.80. The number of rotatable bonds is 6. The van der Waals surface area contributed by atoms with E-state index in [-0.39, 0.29) is 5.97 Å². The van der Waals surface area contributed by atoms with E-state index in [0.717, 1.165) is 18.7 Å². The highest BCUT2D eigenvalue weighted by Gasteiger charge is 2.04. The molecule has 0 aliphatic heterocycles. The molecule has 19 heavy (non-hydrogen) atoms. The summed E-state index contributed by atoms with van der Waals surface area (Å²) in [6.07, 6.45) is 0.888. The van der Waals surface area contributed by atoms with Crippen LogP contribution < -0.4 is 10.6 Å². The molecular formula is C13H18N2O3S. The van der Waals surface area contributed by atoms with E-state index >= 15 is 0 Å². The molecule has 1 aromatic rings. The van der Waals surface area contributed by atoms with Gasteiger partial charge in [0.1, 0.15) is 0 Å². The Morgan fingerprint density at radius 1 is 1.26 bits per heavy atom. The van der Waals surface area contributed by atoms with Crippen LogP contribution in [0, 0.1) is 0 Å². The molecule has 0 aromatic heterocycles. The van der Waals surface area contributed by atoms with Gasteiger partial charge in [0.25, 0.3) is 0 Å². The Labute approximate surface area is 118 Å². The number of nitrogens with one attached hydrogen (secondary N) is 2. The third-order valence-electron chi connectivity index (χ3n) is 2.37. The molecule has 0 heterocycles. The number of hydrogen-bond acceptors (Lipinski definition) is 4. The van der Waals surface area contributed by atoms with Gasteiger partial charge in [0.2, 0.25) is 0 Å². The van der Waals surface area contributed by atoms with E-state index in [0.29, 0.717) is 17.3 Å². The summed E-state index contributed by atoms with van der Waals surface area (Å²) in [5.41, 5.74) is 1.32. The highest BCUT2D eigenvalue weighted by molar-refractivity contribution is 7.80. The number of thiocarbonyl (C=S) groups is 1. The summed E-state index contributed by atoms with van der Waals surface area (Å²) in [7, 11) is 3.02. The zero-order chi connectivity index (χ0) is 14.1. The van der Waals surface area contributed by atoms with Gasteiger partial charge in [0.05, 0.1) is 12.7 Å². The molecule has 1 aromatic carbocycles. The Morgan fingerprint density at radius 3 is 2.53 bits per heavy atom. The number of esters is 1. The monoisotopic (exact) mass is 282 g/mol. The quantitative estimate of drug-likeness (QED) is 0.471. The maximum atomic E-state index is 11.3. The van der Waals surface area contributed by atoms with E-state index in [1.54, 1.807) is 31.4 Å². The second kappa shape index (κ2) is 8.44. The molecule has 6 heteroatoms. The van der Waals surface area contributed by atoms with Gasteiger partial charge in [0, 0.05) is 25.9 Å². The Kier molecular flexibility index (Phi) is 6.84. The number of methoxy groups -OCH3 is 2. The van der Waals surface area contributed by atoms with Gasteiger partial charge in [-0.15, -0.1) is 0 Å². The van der Waals surface area contributed by atoms with Crippen molar-refractivity contribution in [2.75, 3.05) is 32.7 Å². The lowest BCUT2D eigenvalue weighted by Gasteiger charge is -2.10. The first kappa shape index (κ1) is 15.4. The molecule has 0 aliphatic rings. The maximum Gasteiger partial charge on any atom is 0.337 e. The summed E-state index contributed by atoms with van der Waals surface area (Å²) >= 11 is 5.14. The minimum Gasteiger partial charge on any atom is -0.465 e. The number of hydrogen-bond donors (Lipinski definition) is 2. The molecule has 5 nitrogen and oxygen atoms in total. The van der Waals surface area contributed by atoms with Gasteiger partial charge in [-0.1, -0.05) is 0 Å². The fourth-order valence-electron chi connectivity index (χ4n) is 1.40. The van der Waals surface area contributed by atoms with Crippen molar-refractivity contribution in [3.8, 4) is 0 Å². The summed E-state index contributed by atoms with van der Waals surface area (Å²) in [5.74, 6) is -0.355. The fourth-order valence-corrected chi connectivity index (χ4v) is 1.62. The summed E-state index contributed by atoms with van der Waals surface area (Å²) in [5, 5.41) is 6.64. The molecule has 0 aliphatic carbocycles. The van der Waals surface area contributed by atoms with Gasteiger partial charge in [-0.25, -0.2) is 4.79 Å². The largest absolute Gasteiger partial charge is 0.465 e. The van der Waals surface area contributed by atoms with Crippen LogP contribution in [0.1, 0.15) is 16.8 Å². The first-order chi connectivity index (χ1) is 9.17. The molecule has 0 saturated carbocycles. The Balaban J connectivity index is 2.40. The van der Waals surface area contributed by atoms with Gasteiger partial charge in [0.15, 0.2) is 5.11 Å². The zero-order valence-electron chi connectivity index (χ0n) is 11.1. The molecule has 2 N–H and O–H groups in total. The van der Waals surface area contributed by atoms with Crippen molar-refractivity contribution in [3.63, 3.8) is 0 Å². The Bertz CT molecular complexity index is 420. The maximum absolute atomic E-state index is 11.3. The van der Waals surface area contributed by atoms with E-state index < -0.39 is 0 Å². The fraction of sp³-hybridized carbons (Fsp3) is 0.385. The number of anilines is 1. The summed E-state index contributed by atoms with van der Waals surface area (Å²) in [6.45, 7) is 1.45. The van der Waals surface area contributed by atoms with Crippen LogP contribution in [0.4, 0.5) is 5.69 Å². The van der Waals surface area contributed by atoms with E-state index in [1.807, 2.05) is 0 Å². The van der Waals surface area contributed by atoms with Crippen molar-refractivity contribution < 1.29 is 14.3 Å². The van der Waals surface area contributed by atoms with Gasteiger partial charge < -0.3 is 20.1 Å². The van der Waals surface area contributed by atoms with Crippen molar-refractivity contribution in [1.82, 2.24) is 5.32 Å². The molecule has 0 unspecified atom stereocenters. The normalized spacial score (nSPS) is 9.79. The third kappa shape index (κ3) is 5.67. The predicted octanol–water partition coefficient (Wildman–Crippen LogP) is 1.80. The molecule has 1 rings (SSSR count). The van der Waals surface area contributed by atoms with Crippen molar-refractivity contribution in [3.05, 3.63) is 29.8 Å². The molecule has 0 spiro atoms. The van der Waals surface area contributed by atoms with Crippen LogP contribution in [0.25, 0.3) is 0 Å². The molecule has 0 atom stereocenters. The Morgan fingerprint density at radius 2 is 1.95 bits per heavy atom. The van der Waals surface area contributed by atoms with Gasteiger partial charge in [-0.2, -0.15) is 0 Å². The lowest BCUT2D eigenvalue weighted by molar-refractivity contribution is 0.0601. The smallest absolute Gasteiger partial charge is 0.337 e. The number of carbonyl (C=O) groups is 1. The summed E-state index contributed by atoms with van der Waals surface area (Å²) < 4.78 is 9.56. The lowest BCUT2D eigenvalue weighted by Crippen LogP contribution is -2.29. The molecule has 0 fully saturated rings. The average Bonchev–Trinajstić information content (AvgIpc) is 2.43. The minimum absolute atomic E-state index is 0.355. The molecule has 0 amide bonds. The van der Waals surface area contributed by atoms with E-state index in [9.17, 15) is 4.79 Å². The molecule has 0 radical (unpaired) electrons. The van der Waals surface area contributed by atoms with E-state index in [4.69, 9.17) is 17.0 Å². The van der Waals surface area contributed by atoms with Crippen LogP contribution >= 0.6 is 12.2 Å². The zero-order valence-corrected chi connectivity index (χ0v) is 11.9. The first-order valence-corrected chi connectivity index (χ1v) is 6.30. The van der Waals surface area contributed by atoms with Crippen LogP contribution in [0.2, 0.25) is 0 Å². The van der Waals surface area contributed by atoms with Crippen LogP contribution in [0.15, 0.2) is 24.3 Å². The van der Waals surface area contributed by atoms with Crippen molar-refractivity contribution in [2.24, 2.45) is 0 Å². The average molecular weight is 282 g/mol. The number of carbonyl (C=O) groups excluding carboxylic acids is 1. The van der Waals surface area contributed by atoms with Crippen molar-refractivity contribution in [2.45, 2.75) is 6.42 Å². The van der Waals surface area contributed by atoms with Gasteiger partial charge in [-0.3, -0.25) is 0 Å². The molecule has 0 saturated heterocycles. The Hall–Kier alpha value is -1.66. The van der Waals surface area contributed by atoms with Crippen molar-refractivity contribution in [1.29, 1.82) is 0 Å². The number of ether oxygens (including phenoxy) is 2. The third-order valence-corrected chi connectivity index (χ3v) is 2.62. The van der Waals surface area contributed by atoms with Crippen LogP contribution in [0.5, 0.6) is 0 Å².